The highest BCUT2D eigenvalue weighted by atomic mass is 16.5. The predicted molar refractivity (Wildman–Crippen MR) is 136 cm³/mol. The van der Waals surface area contributed by atoms with E-state index in [1.807, 2.05) is 32.8 Å². The predicted octanol–water partition coefficient (Wildman–Crippen LogP) is 3.48. The van der Waals surface area contributed by atoms with Gasteiger partial charge in [-0.1, -0.05) is 0 Å². The van der Waals surface area contributed by atoms with E-state index in [1.165, 1.54) is 26.2 Å². The van der Waals surface area contributed by atoms with Crippen LogP contribution in [0.1, 0.15) is 31.0 Å². The number of benzene rings is 2. The van der Waals surface area contributed by atoms with E-state index in [1.54, 1.807) is 36.4 Å². The van der Waals surface area contributed by atoms with Crippen molar-refractivity contribution in [1.82, 2.24) is 9.80 Å². The number of nitrogens with zero attached hydrogens (tertiary/aromatic N) is 2. The number of ether oxygens (including phenoxy) is 4. The summed E-state index contributed by atoms with van der Waals surface area (Å²) in [6.07, 6.45) is -0.00787. The molecule has 1 amide bonds. The van der Waals surface area contributed by atoms with Crippen LogP contribution < -0.4 is 18.9 Å². The monoisotopic (exact) mass is 498 g/mol. The molecule has 194 valence electrons. The molecule has 36 heavy (non-hydrogen) atoms. The molecule has 1 fully saturated rings. The number of rotatable bonds is 10. The number of carbonyl (C=O) groups is 2. The first-order valence-electron chi connectivity index (χ1n) is 11.6. The SMILES string of the molecule is COc1cc([C@@H]2C(=C(O)c3ccc(OC(C)C)cc3)C(=O)C(=O)N2CCN(C)C)cc(OC)c1OC. The van der Waals surface area contributed by atoms with Gasteiger partial charge in [-0.15, -0.1) is 0 Å². The van der Waals surface area contributed by atoms with Crippen LogP contribution in [0.4, 0.5) is 0 Å². The van der Waals surface area contributed by atoms with Gasteiger partial charge < -0.3 is 33.9 Å². The Morgan fingerprint density at radius 1 is 1.00 bits per heavy atom. The van der Waals surface area contributed by atoms with E-state index in [9.17, 15) is 14.7 Å². The van der Waals surface area contributed by atoms with Crippen molar-refractivity contribution in [2.24, 2.45) is 0 Å². The smallest absolute Gasteiger partial charge is 0.295 e. The Balaban J connectivity index is 2.19. The average molecular weight is 499 g/mol. The summed E-state index contributed by atoms with van der Waals surface area (Å²) in [5, 5.41) is 11.3. The summed E-state index contributed by atoms with van der Waals surface area (Å²) in [7, 11) is 8.24. The van der Waals surface area contributed by atoms with E-state index in [0.29, 0.717) is 40.7 Å². The van der Waals surface area contributed by atoms with Crippen molar-refractivity contribution in [3.05, 3.63) is 53.1 Å². The van der Waals surface area contributed by atoms with Gasteiger partial charge in [0.1, 0.15) is 11.5 Å². The van der Waals surface area contributed by atoms with Gasteiger partial charge in [0, 0.05) is 18.7 Å². The number of likely N-dealkylation sites (tertiary alicyclic amines) is 1. The first-order valence-corrected chi connectivity index (χ1v) is 11.6. The van der Waals surface area contributed by atoms with Crippen LogP contribution in [0.25, 0.3) is 5.76 Å². The molecule has 1 atom stereocenters. The molecule has 0 bridgehead atoms. The van der Waals surface area contributed by atoms with Crippen molar-refractivity contribution >= 4 is 17.4 Å². The maximum Gasteiger partial charge on any atom is 0.295 e. The number of methoxy groups -OCH3 is 3. The standard InChI is InChI=1S/C27H34N2O7/c1-16(2)36-19-10-8-17(9-11-19)24(30)22-23(29(13-12-28(3)4)27(32)25(22)31)18-14-20(33-5)26(35-7)21(15-18)34-6/h8-11,14-16,23,30H,12-13H2,1-7H3/t23-/m1/s1. The number of amides is 1. The lowest BCUT2D eigenvalue weighted by molar-refractivity contribution is -0.140. The van der Waals surface area contributed by atoms with Crippen LogP contribution in [0.2, 0.25) is 0 Å². The lowest BCUT2D eigenvalue weighted by atomic mass is 9.94. The molecular formula is C27H34N2O7. The normalized spacial score (nSPS) is 17.1. The Labute approximate surface area is 211 Å². The topological polar surface area (TPSA) is 97.8 Å². The van der Waals surface area contributed by atoms with E-state index in [0.717, 1.165) is 0 Å². The molecule has 1 N–H and O–H groups in total. The van der Waals surface area contributed by atoms with E-state index in [2.05, 4.69) is 0 Å². The Kier molecular flexibility index (Phi) is 8.47. The van der Waals surface area contributed by atoms with Gasteiger partial charge in [0.2, 0.25) is 5.75 Å². The molecule has 0 spiro atoms. The van der Waals surface area contributed by atoms with Gasteiger partial charge in [-0.25, -0.2) is 0 Å². The molecule has 0 saturated carbocycles. The third-order valence-electron chi connectivity index (χ3n) is 5.83. The van der Waals surface area contributed by atoms with E-state index in [4.69, 9.17) is 18.9 Å². The second-order valence-corrected chi connectivity index (χ2v) is 8.95. The molecule has 2 aromatic rings. The van der Waals surface area contributed by atoms with Crippen molar-refractivity contribution in [2.75, 3.05) is 48.5 Å². The summed E-state index contributed by atoms with van der Waals surface area (Å²) in [5.41, 5.74) is 0.934. The Morgan fingerprint density at radius 2 is 1.58 bits per heavy atom. The summed E-state index contributed by atoms with van der Waals surface area (Å²) in [5.74, 6) is 0.0596. The number of aliphatic hydroxyl groups is 1. The minimum Gasteiger partial charge on any atom is -0.507 e. The molecule has 1 aliphatic heterocycles. The molecule has 0 radical (unpaired) electrons. The number of hydrogen-bond acceptors (Lipinski definition) is 8. The molecule has 9 heteroatoms. The summed E-state index contributed by atoms with van der Waals surface area (Å²) < 4.78 is 22.1. The third-order valence-corrected chi connectivity index (χ3v) is 5.83. The lowest BCUT2D eigenvalue weighted by Gasteiger charge is -2.27. The molecule has 9 nitrogen and oxygen atoms in total. The van der Waals surface area contributed by atoms with Crippen molar-refractivity contribution in [1.29, 1.82) is 0 Å². The fraction of sp³-hybridized carbons (Fsp3) is 0.407. The first kappa shape index (κ1) is 26.9. The summed E-state index contributed by atoms with van der Waals surface area (Å²) in [6, 6.07) is 9.27. The molecule has 0 unspecified atom stereocenters. The van der Waals surface area contributed by atoms with Crippen LogP contribution in [0.15, 0.2) is 42.0 Å². The van der Waals surface area contributed by atoms with E-state index < -0.39 is 17.7 Å². The number of ketones is 1. The Bertz CT molecular complexity index is 1110. The van der Waals surface area contributed by atoms with Crippen molar-refractivity contribution in [3.63, 3.8) is 0 Å². The van der Waals surface area contributed by atoms with Gasteiger partial charge in [-0.3, -0.25) is 9.59 Å². The van der Waals surface area contributed by atoms with Crippen molar-refractivity contribution in [3.8, 4) is 23.0 Å². The number of carbonyl (C=O) groups excluding carboxylic acids is 2. The van der Waals surface area contributed by atoms with Gasteiger partial charge in [0.05, 0.1) is 39.0 Å². The molecule has 0 aliphatic carbocycles. The Morgan fingerprint density at radius 3 is 2.06 bits per heavy atom. The van der Waals surface area contributed by atoms with Crippen LogP contribution in [0, 0.1) is 0 Å². The minimum atomic E-state index is -0.856. The largest absolute Gasteiger partial charge is 0.507 e. The lowest BCUT2D eigenvalue weighted by Crippen LogP contribution is -2.35. The highest BCUT2D eigenvalue weighted by molar-refractivity contribution is 6.46. The van der Waals surface area contributed by atoms with Crippen LogP contribution in [-0.4, -0.2) is 81.2 Å². The van der Waals surface area contributed by atoms with Gasteiger partial charge in [0.25, 0.3) is 11.7 Å². The molecular weight excluding hydrogens is 464 g/mol. The highest BCUT2D eigenvalue weighted by Crippen LogP contribution is 2.45. The zero-order chi connectivity index (χ0) is 26.6. The maximum absolute atomic E-state index is 13.3. The van der Waals surface area contributed by atoms with Gasteiger partial charge in [-0.2, -0.15) is 0 Å². The summed E-state index contributed by atoms with van der Waals surface area (Å²) in [6.45, 7) is 4.63. The first-order chi connectivity index (χ1) is 17.1. The fourth-order valence-electron chi connectivity index (χ4n) is 4.14. The van der Waals surface area contributed by atoms with Crippen LogP contribution in [-0.2, 0) is 9.59 Å². The molecule has 1 saturated heterocycles. The zero-order valence-corrected chi connectivity index (χ0v) is 21.8. The molecule has 0 aromatic heterocycles. The zero-order valence-electron chi connectivity index (χ0n) is 21.8. The summed E-state index contributed by atoms with van der Waals surface area (Å²) >= 11 is 0. The molecule has 3 rings (SSSR count). The quantitative estimate of drug-likeness (QED) is 0.302. The van der Waals surface area contributed by atoms with Crippen molar-refractivity contribution in [2.45, 2.75) is 26.0 Å². The number of aliphatic hydroxyl groups excluding tert-OH is 1. The van der Waals surface area contributed by atoms with Gasteiger partial charge in [-0.05, 0) is 69.9 Å². The molecule has 1 heterocycles. The number of hydrogen-bond donors (Lipinski definition) is 1. The number of likely N-dealkylation sites (N-methyl/N-ethyl adjacent to an activating group) is 1. The van der Waals surface area contributed by atoms with Crippen LogP contribution in [0.3, 0.4) is 0 Å². The van der Waals surface area contributed by atoms with Gasteiger partial charge in [0.15, 0.2) is 11.5 Å². The molecule has 1 aliphatic rings. The molecule has 2 aromatic carbocycles. The van der Waals surface area contributed by atoms with Crippen molar-refractivity contribution < 1.29 is 33.6 Å². The van der Waals surface area contributed by atoms with Crippen LogP contribution in [0.5, 0.6) is 23.0 Å². The second kappa shape index (κ2) is 11.3. The average Bonchev–Trinajstić information content (AvgIpc) is 3.10. The summed E-state index contributed by atoms with van der Waals surface area (Å²) in [4.78, 5) is 29.8. The minimum absolute atomic E-state index is 0.00787. The van der Waals surface area contributed by atoms with E-state index in [-0.39, 0.29) is 24.0 Å². The Hall–Kier alpha value is -3.72. The second-order valence-electron chi connectivity index (χ2n) is 8.95. The fourth-order valence-corrected chi connectivity index (χ4v) is 4.14. The maximum atomic E-state index is 13.3. The number of Topliss-reactive ketones (excluding diaryl/α,β-unsaturated/α-hetero) is 1. The van der Waals surface area contributed by atoms with Crippen LogP contribution >= 0.6 is 0 Å². The van der Waals surface area contributed by atoms with E-state index >= 15 is 0 Å². The van der Waals surface area contributed by atoms with Gasteiger partial charge >= 0.3 is 0 Å². The highest BCUT2D eigenvalue weighted by Gasteiger charge is 2.46. The third kappa shape index (κ3) is 5.41.